The van der Waals surface area contributed by atoms with Crippen LogP contribution in [0.4, 0.5) is 17.6 Å². The number of halogens is 4. The molecule has 0 atom stereocenters. The van der Waals surface area contributed by atoms with Gasteiger partial charge in [-0.15, -0.1) is 0 Å². The molecule has 0 aromatic heterocycles. The summed E-state index contributed by atoms with van der Waals surface area (Å²) in [7, 11) is -1.78. The molecule has 4 rings (SSSR count). The van der Waals surface area contributed by atoms with Gasteiger partial charge in [-0.1, -0.05) is 79.9 Å². The van der Waals surface area contributed by atoms with Gasteiger partial charge in [-0.2, -0.15) is 0 Å². The molecule has 3 aromatic carbocycles. The van der Waals surface area contributed by atoms with Gasteiger partial charge in [-0.05, 0) is 37.3 Å². The summed E-state index contributed by atoms with van der Waals surface area (Å²) in [6, 6.07) is 17.6. The number of hydrogen-bond acceptors (Lipinski definition) is 0. The SMILES string of the molecule is Fc1c(F)c(P(c2ccccc2)c2ccccc2)c(F)c(F)c1C1CCCCC1. The van der Waals surface area contributed by atoms with Crippen LogP contribution < -0.4 is 15.9 Å². The molecule has 0 saturated heterocycles. The molecule has 5 heteroatoms. The Morgan fingerprint density at radius 2 is 1.03 bits per heavy atom. The first-order valence-electron chi connectivity index (χ1n) is 9.85. The predicted octanol–water partition coefficient (Wildman–Crippen LogP) is 6.05. The van der Waals surface area contributed by atoms with Crippen LogP contribution in [0.5, 0.6) is 0 Å². The highest BCUT2D eigenvalue weighted by molar-refractivity contribution is 7.79. The van der Waals surface area contributed by atoms with E-state index in [0.29, 0.717) is 23.5 Å². The van der Waals surface area contributed by atoms with Crippen LogP contribution in [0.2, 0.25) is 0 Å². The average molecular weight is 416 g/mol. The highest BCUT2D eigenvalue weighted by Gasteiger charge is 2.34. The number of rotatable bonds is 4. The molecule has 0 bridgehead atoms. The van der Waals surface area contributed by atoms with Crippen LogP contribution in [0, 0.1) is 23.3 Å². The molecule has 29 heavy (non-hydrogen) atoms. The molecule has 0 nitrogen and oxygen atoms in total. The number of hydrogen-bond donors (Lipinski definition) is 0. The fourth-order valence-corrected chi connectivity index (χ4v) is 6.49. The lowest BCUT2D eigenvalue weighted by atomic mass is 9.83. The van der Waals surface area contributed by atoms with Crippen molar-refractivity contribution in [2.75, 3.05) is 0 Å². The Balaban J connectivity index is 1.92. The molecule has 0 aliphatic heterocycles. The van der Waals surface area contributed by atoms with Crippen molar-refractivity contribution in [1.29, 1.82) is 0 Å². The van der Waals surface area contributed by atoms with Crippen molar-refractivity contribution in [2.24, 2.45) is 0 Å². The molecule has 1 fully saturated rings. The van der Waals surface area contributed by atoms with Crippen molar-refractivity contribution in [3.63, 3.8) is 0 Å². The van der Waals surface area contributed by atoms with E-state index in [1.165, 1.54) is 0 Å². The monoisotopic (exact) mass is 416 g/mol. The lowest BCUT2D eigenvalue weighted by molar-refractivity contribution is 0.386. The molecule has 1 saturated carbocycles. The Bertz CT molecular complexity index is 914. The molecule has 0 unspecified atom stereocenters. The summed E-state index contributed by atoms with van der Waals surface area (Å²) in [4.78, 5) is 0. The molecule has 0 spiro atoms. The van der Waals surface area contributed by atoms with Gasteiger partial charge in [-0.25, -0.2) is 17.6 Å². The molecule has 1 aliphatic rings. The van der Waals surface area contributed by atoms with Gasteiger partial charge >= 0.3 is 0 Å². The second kappa shape index (κ2) is 8.67. The van der Waals surface area contributed by atoms with Crippen LogP contribution in [-0.4, -0.2) is 0 Å². The Labute approximate surface area is 169 Å². The van der Waals surface area contributed by atoms with E-state index in [4.69, 9.17) is 0 Å². The van der Waals surface area contributed by atoms with E-state index in [2.05, 4.69) is 0 Å². The van der Waals surface area contributed by atoms with Gasteiger partial charge < -0.3 is 0 Å². The van der Waals surface area contributed by atoms with E-state index < -0.39 is 48.0 Å². The standard InChI is InChI=1S/C24H21F4P/c25-20-19(16-10-4-1-5-11-16)21(26)23(28)24(22(20)27)29(17-12-6-2-7-13-17)18-14-8-3-9-15-18/h2-3,6-9,12-16H,1,4-5,10-11H2. The zero-order valence-electron chi connectivity index (χ0n) is 15.8. The van der Waals surface area contributed by atoms with Crippen LogP contribution in [0.3, 0.4) is 0 Å². The van der Waals surface area contributed by atoms with Crippen LogP contribution in [0.15, 0.2) is 60.7 Å². The second-order valence-corrected chi connectivity index (χ2v) is 9.51. The summed E-state index contributed by atoms with van der Waals surface area (Å²) >= 11 is 0. The van der Waals surface area contributed by atoms with E-state index in [-0.39, 0.29) is 0 Å². The third kappa shape index (κ3) is 3.83. The maximum absolute atomic E-state index is 15.3. The van der Waals surface area contributed by atoms with Crippen LogP contribution in [0.1, 0.15) is 43.6 Å². The molecular weight excluding hydrogens is 395 g/mol. The Morgan fingerprint density at radius 3 is 1.48 bits per heavy atom. The van der Waals surface area contributed by atoms with E-state index in [1.807, 2.05) is 0 Å². The fraction of sp³-hybridized carbons (Fsp3) is 0.250. The van der Waals surface area contributed by atoms with Crippen molar-refractivity contribution in [3.05, 3.63) is 89.5 Å². The Kier molecular flexibility index (Phi) is 6.01. The highest BCUT2D eigenvalue weighted by atomic mass is 31.1. The zero-order chi connectivity index (χ0) is 20.4. The van der Waals surface area contributed by atoms with Crippen molar-refractivity contribution in [2.45, 2.75) is 38.0 Å². The van der Waals surface area contributed by atoms with Gasteiger partial charge in [0.2, 0.25) is 0 Å². The summed E-state index contributed by atoms with van der Waals surface area (Å²) < 4.78 is 60.8. The predicted molar refractivity (Wildman–Crippen MR) is 111 cm³/mol. The van der Waals surface area contributed by atoms with E-state index in [9.17, 15) is 0 Å². The van der Waals surface area contributed by atoms with E-state index >= 15 is 17.6 Å². The first-order valence-corrected chi connectivity index (χ1v) is 11.2. The van der Waals surface area contributed by atoms with Gasteiger partial charge in [0, 0.05) is 5.56 Å². The summed E-state index contributed by atoms with van der Waals surface area (Å²) in [5.41, 5.74) is -0.417. The first-order chi connectivity index (χ1) is 14.1. The van der Waals surface area contributed by atoms with Crippen molar-refractivity contribution in [1.82, 2.24) is 0 Å². The van der Waals surface area contributed by atoms with Crippen LogP contribution in [0.25, 0.3) is 0 Å². The van der Waals surface area contributed by atoms with Gasteiger partial charge in [0.1, 0.15) is 0 Å². The minimum atomic E-state index is -1.78. The summed E-state index contributed by atoms with van der Waals surface area (Å²) in [6.45, 7) is 0. The molecule has 0 N–H and O–H groups in total. The van der Waals surface area contributed by atoms with E-state index in [1.54, 1.807) is 60.7 Å². The molecule has 0 amide bonds. The largest absolute Gasteiger partial charge is 0.203 e. The topological polar surface area (TPSA) is 0 Å². The summed E-state index contributed by atoms with van der Waals surface area (Å²) in [6.07, 6.45) is 3.72. The molecule has 3 aromatic rings. The number of benzene rings is 3. The van der Waals surface area contributed by atoms with Crippen molar-refractivity contribution < 1.29 is 17.6 Å². The van der Waals surface area contributed by atoms with Crippen LogP contribution >= 0.6 is 7.92 Å². The lowest BCUT2D eigenvalue weighted by Gasteiger charge is -2.26. The first kappa shape index (κ1) is 20.1. The summed E-state index contributed by atoms with van der Waals surface area (Å²) in [5, 5.41) is 0.762. The van der Waals surface area contributed by atoms with Crippen molar-refractivity contribution in [3.8, 4) is 0 Å². The molecule has 1 aliphatic carbocycles. The smallest absolute Gasteiger partial charge is 0.170 e. The van der Waals surface area contributed by atoms with E-state index in [0.717, 1.165) is 19.3 Å². The zero-order valence-corrected chi connectivity index (χ0v) is 16.7. The highest BCUT2D eigenvalue weighted by Crippen LogP contribution is 2.41. The minimum absolute atomic E-state index is 0.417. The third-order valence-corrected chi connectivity index (χ3v) is 8.01. The average Bonchev–Trinajstić information content (AvgIpc) is 2.77. The third-order valence-electron chi connectivity index (χ3n) is 5.54. The van der Waals surface area contributed by atoms with Gasteiger partial charge in [0.05, 0.1) is 5.30 Å². The second-order valence-electron chi connectivity index (χ2n) is 7.36. The fourth-order valence-electron chi connectivity index (χ4n) is 4.14. The Hall–Kier alpha value is -2.19. The lowest BCUT2D eigenvalue weighted by Crippen LogP contribution is -2.29. The van der Waals surface area contributed by atoms with Gasteiger partial charge in [0.15, 0.2) is 23.3 Å². The maximum atomic E-state index is 15.3. The summed E-state index contributed by atoms with van der Waals surface area (Å²) in [5.74, 6) is -5.46. The molecule has 0 radical (unpaired) electrons. The Morgan fingerprint density at radius 1 is 0.586 bits per heavy atom. The minimum Gasteiger partial charge on any atom is -0.203 e. The van der Waals surface area contributed by atoms with Gasteiger partial charge in [0.25, 0.3) is 0 Å². The van der Waals surface area contributed by atoms with Gasteiger partial charge in [-0.3, -0.25) is 0 Å². The molecule has 0 heterocycles. The quantitative estimate of drug-likeness (QED) is 0.276. The maximum Gasteiger partial charge on any atom is 0.170 e. The normalized spacial score (nSPS) is 15.1. The molecule has 150 valence electrons. The van der Waals surface area contributed by atoms with Crippen molar-refractivity contribution >= 4 is 23.8 Å². The molecular formula is C24H21F4P. The van der Waals surface area contributed by atoms with Crippen LogP contribution in [-0.2, 0) is 0 Å².